The highest BCUT2D eigenvalue weighted by Crippen LogP contribution is 2.19. The Kier molecular flexibility index (Phi) is 5.04. The molecule has 5 heteroatoms. The fraction of sp³-hybridized carbons (Fsp3) is 0.500. The minimum absolute atomic E-state index is 0.0135. The van der Waals surface area contributed by atoms with Gasteiger partial charge in [-0.15, -0.1) is 0 Å². The third kappa shape index (κ3) is 3.64. The van der Waals surface area contributed by atoms with Crippen LogP contribution in [0.1, 0.15) is 29.8 Å². The van der Waals surface area contributed by atoms with Crippen molar-refractivity contribution in [2.45, 2.75) is 20.8 Å². The Hall–Kier alpha value is -1.36. The van der Waals surface area contributed by atoms with Crippen LogP contribution in [0, 0.1) is 12.8 Å². The highest BCUT2D eigenvalue weighted by atomic mass is 79.9. The second-order valence-corrected chi connectivity index (χ2v) is 6.65. The summed E-state index contributed by atoms with van der Waals surface area (Å²) in [6, 6.07) is 5.74. The van der Waals surface area contributed by atoms with Gasteiger partial charge in [0.1, 0.15) is 0 Å². The molecule has 0 bridgehead atoms. The predicted octanol–water partition coefficient (Wildman–Crippen LogP) is 2.70. The first-order valence-corrected chi connectivity index (χ1v) is 8.03. The molecule has 21 heavy (non-hydrogen) atoms. The van der Waals surface area contributed by atoms with Crippen molar-refractivity contribution in [1.82, 2.24) is 9.80 Å². The van der Waals surface area contributed by atoms with Crippen molar-refractivity contribution >= 4 is 27.7 Å². The molecule has 0 radical (unpaired) electrons. The van der Waals surface area contributed by atoms with E-state index in [-0.39, 0.29) is 17.7 Å². The zero-order chi connectivity index (χ0) is 15.6. The topological polar surface area (TPSA) is 40.6 Å². The lowest BCUT2D eigenvalue weighted by molar-refractivity contribution is -0.135. The van der Waals surface area contributed by atoms with Gasteiger partial charge in [-0.1, -0.05) is 35.8 Å². The molecule has 1 fully saturated rings. The van der Waals surface area contributed by atoms with Crippen LogP contribution in [0.4, 0.5) is 0 Å². The van der Waals surface area contributed by atoms with E-state index in [0.29, 0.717) is 26.2 Å². The van der Waals surface area contributed by atoms with Gasteiger partial charge in [0.05, 0.1) is 0 Å². The van der Waals surface area contributed by atoms with E-state index in [4.69, 9.17) is 0 Å². The van der Waals surface area contributed by atoms with Crippen molar-refractivity contribution in [2.75, 3.05) is 26.2 Å². The van der Waals surface area contributed by atoms with Crippen LogP contribution >= 0.6 is 15.9 Å². The summed E-state index contributed by atoms with van der Waals surface area (Å²) in [5, 5.41) is 0. The summed E-state index contributed by atoms with van der Waals surface area (Å²) in [7, 11) is 0. The van der Waals surface area contributed by atoms with Gasteiger partial charge in [-0.05, 0) is 24.6 Å². The van der Waals surface area contributed by atoms with E-state index in [1.807, 2.05) is 48.8 Å². The van der Waals surface area contributed by atoms with Crippen molar-refractivity contribution in [3.63, 3.8) is 0 Å². The van der Waals surface area contributed by atoms with Gasteiger partial charge in [0, 0.05) is 42.1 Å². The third-order valence-corrected chi connectivity index (χ3v) is 4.30. The zero-order valence-electron chi connectivity index (χ0n) is 12.7. The molecule has 0 spiro atoms. The number of hydrogen-bond acceptors (Lipinski definition) is 2. The maximum Gasteiger partial charge on any atom is 0.254 e. The Bertz CT molecular complexity index is 549. The van der Waals surface area contributed by atoms with Gasteiger partial charge < -0.3 is 9.80 Å². The maximum absolute atomic E-state index is 12.6. The van der Waals surface area contributed by atoms with Crippen LogP contribution in [0.3, 0.4) is 0 Å². The third-order valence-electron chi connectivity index (χ3n) is 3.80. The number of aryl methyl sites for hydroxylation is 1. The molecule has 114 valence electrons. The van der Waals surface area contributed by atoms with Crippen LogP contribution in [0.15, 0.2) is 22.7 Å². The SMILES string of the molecule is Cc1ccc(Br)cc1C(=O)N1CCN(C(=O)C(C)C)CC1. The van der Waals surface area contributed by atoms with Crippen molar-refractivity contribution < 1.29 is 9.59 Å². The number of amides is 2. The molecule has 2 amide bonds. The first kappa shape index (κ1) is 16.0. The summed E-state index contributed by atoms with van der Waals surface area (Å²) in [4.78, 5) is 28.2. The van der Waals surface area contributed by atoms with Gasteiger partial charge in [0.2, 0.25) is 5.91 Å². The van der Waals surface area contributed by atoms with Gasteiger partial charge in [0.25, 0.3) is 5.91 Å². The number of hydrogen-bond donors (Lipinski definition) is 0. The molecule has 1 saturated heterocycles. The number of benzene rings is 1. The van der Waals surface area contributed by atoms with E-state index in [9.17, 15) is 9.59 Å². The van der Waals surface area contributed by atoms with Crippen LogP contribution in [0.2, 0.25) is 0 Å². The van der Waals surface area contributed by atoms with E-state index in [0.717, 1.165) is 15.6 Å². The maximum atomic E-state index is 12.6. The minimum atomic E-state index is 0.0135. The summed E-state index contributed by atoms with van der Waals surface area (Å²) in [6.07, 6.45) is 0. The Morgan fingerprint density at radius 1 is 1.10 bits per heavy atom. The highest BCUT2D eigenvalue weighted by molar-refractivity contribution is 9.10. The smallest absolute Gasteiger partial charge is 0.254 e. The number of carbonyl (C=O) groups is 2. The van der Waals surface area contributed by atoms with Gasteiger partial charge in [0.15, 0.2) is 0 Å². The predicted molar refractivity (Wildman–Crippen MR) is 86.2 cm³/mol. The van der Waals surface area contributed by atoms with Crippen LogP contribution < -0.4 is 0 Å². The summed E-state index contributed by atoms with van der Waals surface area (Å²) >= 11 is 3.41. The first-order valence-electron chi connectivity index (χ1n) is 7.24. The Morgan fingerprint density at radius 3 is 2.24 bits per heavy atom. The van der Waals surface area contributed by atoms with Gasteiger partial charge in [-0.25, -0.2) is 0 Å². The molecule has 1 heterocycles. The van der Waals surface area contributed by atoms with Crippen LogP contribution in [-0.2, 0) is 4.79 Å². The minimum Gasteiger partial charge on any atom is -0.339 e. The Labute approximate surface area is 134 Å². The largest absolute Gasteiger partial charge is 0.339 e. The zero-order valence-corrected chi connectivity index (χ0v) is 14.3. The molecular weight excluding hydrogens is 332 g/mol. The van der Waals surface area contributed by atoms with Crippen LogP contribution in [0.25, 0.3) is 0 Å². The fourth-order valence-corrected chi connectivity index (χ4v) is 2.85. The second-order valence-electron chi connectivity index (χ2n) is 5.73. The summed E-state index contributed by atoms with van der Waals surface area (Å²) in [6.45, 7) is 8.20. The fourth-order valence-electron chi connectivity index (χ4n) is 2.49. The van der Waals surface area contributed by atoms with Crippen LogP contribution in [0.5, 0.6) is 0 Å². The van der Waals surface area contributed by atoms with Gasteiger partial charge >= 0.3 is 0 Å². The van der Waals surface area contributed by atoms with E-state index >= 15 is 0 Å². The molecular formula is C16H21BrN2O2. The molecule has 0 atom stereocenters. The van der Waals surface area contributed by atoms with Crippen molar-refractivity contribution in [1.29, 1.82) is 0 Å². The molecule has 1 aromatic carbocycles. The molecule has 0 aliphatic carbocycles. The van der Waals surface area contributed by atoms with Crippen molar-refractivity contribution in [3.8, 4) is 0 Å². The molecule has 1 aromatic rings. The van der Waals surface area contributed by atoms with E-state index in [1.54, 1.807) is 0 Å². The Morgan fingerprint density at radius 2 is 1.67 bits per heavy atom. The molecule has 1 aliphatic rings. The van der Waals surface area contributed by atoms with E-state index in [2.05, 4.69) is 15.9 Å². The van der Waals surface area contributed by atoms with Gasteiger partial charge in [-0.2, -0.15) is 0 Å². The number of carbonyl (C=O) groups excluding carboxylic acids is 2. The number of piperazine rings is 1. The van der Waals surface area contributed by atoms with E-state index < -0.39 is 0 Å². The lowest BCUT2D eigenvalue weighted by Gasteiger charge is -2.35. The molecule has 4 nitrogen and oxygen atoms in total. The lowest BCUT2D eigenvalue weighted by atomic mass is 10.1. The number of halogens is 1. The molecule has 0 unspecified atom stereocenters. The average Bonchev–Trinajstić information content (AvgIpc) is 2.48. The van der Waals surface area contributed by atoms with Gasteiger partial charge in [-0.3, -0.25) is 9.59 Å². The molecule has 2 rings (SSSR count). The van der Waals surface area contributed by atoms with E-state index in [1.165, 1.54) is 0 Å². The number of nitrogens with zero attached hydrogens (tertiary/aromatic N) is 2. The van der Waals surface area contributed by atoms with Crippen molar-refractivity contribution in [2.24, 2.45) is 5.92 Å². The van der Waals surface area contributed by atoms with Crippen LogP contribution in [-0.4, -0.2) is 47.8 Å². The summed E-state index contributed by atoms with van der Waals surface area (Å²) in [5.41, 5.74) is 1.71. The molecule has 0 aromatic heterocycles. The lowest BCUT2D eigenvalue weighted by Crippen LogP contribution is -2.51. The standard InChI is InChI=1S/C16H21BrN2O2/c1-11(2)15(20)18-6-8-19(9-7-18)16(21)14-10-13(17)5-4-12(14)3/h4-5,10-11H,6-9H2,1-3H3. The average molecular weight is 353 g/mol. The highest BCUT2D eigenvalue weighted by Gasteiger charge is 2.26. The molecule has 0 N–H and O–H groups in total. The second kappa shape index (κ2) is 6.60. The quantitative estimate of drug-likeness (QED) is 0.820. The molecule has 1 aliphatic heterocycles. The number of rotatable bonds is 2. The normalized spacial score (nSPS) is 15.5. The summed E-state index contributed by atoms with van der Waals surface area (Å²) in [5.74, 6) is 0.228. The monoisotopic (exact) mass is 352 g/mol. The molecule has 0 saturated carbocycles. The first-order chi connectivity index (χ1) is 9.90. The van der Waals surface area contributed by atoms with Crippen molar-refractivity contribution in [3.05, 3.63) is 33.8 Å². The summed E-state index contributed by atoms with van der Waals surface area (Å²) < 4.78 is 0.907. The Balaban J connectivity index is 2.03.